The third-order valence-electron chi connectivity index (χ3n) is 6.59. The number of benzene rings is 3. The van der Waals surface area contributed by atoms with E-state index in [-0.39, 0.29) is 11.8 Å². The minimum atomic E-state index is -1.00. The number of nitrogens with one attached hydrogen (secondary N) is 1. The fourth-order valence-corrected chi connectivity index (χ4v) is 4.71. The number of carbonyl (C=O) groups is 2. The van der Waals surface area contributed by atoms with Crippen LogP contribution >= 0.6 is 0 Å². The van der Waals surface area contributed by atoms with E-state index in [0.717, 1.165) is 22.0 Å². The van der Waals surface area contributed by atoms with Gasteiger partial charge >= 0.3 is 0 Å². The van der Waals surface area contributed by atoms with Crippen LogP contribution in [-0.4, -0.2) is 33.4 Å². The van der Waals surface area contributed by atoms with Gasteiger partial charge in [-0.1, -0.05) is 78.9 Å². The van der Waals surface area contributed by atoms with E-state index in [4.69, 9.17) is 0 Å². The zero-order chi connectivity index (χ0) is 22.8. The number of aromatic nitrogens is 1. The maximum Gasteiger partial charge on any atom is 0.271 e. The number of nitrogens with zero attached hydrogens (tertiary/aromatic N) is 2. The van der Waals surface area contributed by atoms with Crippen LogP contribution in [0.4, 0.5) is 0 Å². The summed E-state index contributed by atoms with van der Waals surface area (Å²) in [6.07, 6.45) is 0.689. The number of amides is 2. The van der Waals surface area contributed by atoms with Gasteiger partial charge in [-0.05, 0) is 36.6 Å². The highest BCUT2D eigenvalue weighted by atomic mass is 16.2. The van der Waals surface area contributed by atoms with Crippen LogP contribution in [-0.2, 0) is 24.3 Å². The summed E-state index contributed by atoms with van der Waals surface area (Å²) in [7, 11) is 0. The maximum absolute atomic E-state index is 13.7. The van der Waals surface area contributed by atoms with Gasteiger partial charge in [0.1, 0.15) is 11.2 Å². The minimum Gasteiger partial charge on any atom is -0.350 e. The second kappa shape index (κ2) is 8.58. The standard InChI is InChI=1S/C28H27N3O2/c1-28(27(33)29-19-22-12-6-3-7-13-22)20-30-24-15-9-8-14-23(24)18-25(30)26(32)31(28)17-16-21-10-4-2-5-11-21/h2-15,18H,16-17,19-20H2,1H3,(H,29,33)/t28-/m1/s1. The normalized spacial score (nSPS) is 17.7. The van der Waals surface area contributed by atoms with Crippen LogP contribution in [0.2, 0.25) is 0 Å². The van der Waals surface area contributed by atoms with Gasteiger partial charge in [-0.3, -0.25) is 9.59 Å². The zero-order valence-electron chi connectivity index (χ0n) is 18.7. The Kier molecular flexibility index (Phi) is 5.47. The summed E-state index contributed by atoms with van der Waals surface area (Å²) in [5.74, 6) is -0.248. The van der Waals surface area contributed by atoms with Crippen LogP contribution in [0.15, 0.2) is 91.0 Å². The number of hydrogen-bond acceptors (Lipinski definition) is 2. The molecule has 5 nitrogen and oxygen atoms in total. The quantitative estimate of drug-likeness (QED) is 0.486. The Bertz CT molecular complexity index is 1300. The van der Waals surface area contributed by atoms with Crippen LogP contribution in [0.1, 0.15) is 28.5 Å². The highest BCUT2D eigenvalue weighted by Gasteiger charge is 2.47. The summed E-state index contributed by atoms with van der Waals surface area (Å²) >= 11 is 0. The second-order valence-corrected chi connectivity index (χ2v) is 8.81. The van der Waals surface area contributed by atoms with E-state index in [2.05, 4.69) is 17.4 Å². The summed E-state index contributed by atoms with van der Waals surface area (Å²) < 4.78 is 2.00. The molecule has 0 unspecified atom stereocenters. The van der Waals surface area contributed by atoms with Gasteiger partial charge in [0.25, 0.3) is 5.91 Å². The Morgan fingerprint density at radius 2 is 1.55 bits per heavy atom. The predicted octanol–water partition coefficient (Wildman–Crippen LogP) is 4.41. The zero-order valence-corrected chi connectivity index (χ0v) is 18.7. The van der Waals surface area contributed by atoms with Crippen molar-refractivity contribution >= 4 is 22.7 Å². The molecule has 1 aliphatic rings. The lowest BCUT2D eigenvalue weighted by Gasteiger charge is -2.44. The van der Waals surface area contributed by atoms with Gasteiger partial charge in [-0.2, -0.15) is 0 Å². The van der Waals surface area contributed by atoms with E-state index >= 15 is 0 Å². The van der Waals surface area contributed by atoms with E-state index in [1.807, 2.05) is 90.4 Å². The molecule has 33 heavy (non-hydrogen) atoms. The molecule has 0 saturated heterocycles. The van der Waals surface area contributed by atoms with Crippen molar-refractivity contribution in [2.45, 2.75) is 32.0 Å². The molecule has 166 valence electrons. The summed E-state index contributed by atoms with van der Waals surface area (Å²) in [5.41, 5.74) is 2.78. The molecular formula is C28H27N3O2. The van der Waals surface area contributed by atoms with Crippen molar-refractivity contribution in [3.8, 4) is 0 Å². The molecule has 0 spiro atoms. The third-order valence-corrected chi connectivity index (χ3v) is 6.59. The van der Waals surface area contributed by atoms with Crippen LogP contribution < -0.4 is 5.32 Å². The van der Waals surface area contributed by atoms with Crippen molar-refractivity contribution in [3.05, 3.63) is 108 Å². The number of hydrogen-bond donors (Lipinski definition) is 1. The first-order chi connectivity index (χ1) is 16.1. The van der Waals surface area contributed by atoms with Gasteiger partial charge in [-0.25, -0.2) is 0 Å². The molecule has 5 heteroatoms. The molecule has 0 bridgehead atoms. The first-order valence-corrected chi connectivity index (χ1v) is 11.3. The summed E-state index contributed by atoms with van der Waals surface area (Å²) in [6, 6.07) is 29.8. The highest BCUT2D eigenvalue weighted by molar-refractivity contribution is 6.03. The topological polar surface area (TPSA) is 54.3 Å². The van der Waals surface area contributed by atoms with Gasteiger partial charge in [0.15, 0.2) is 0 Å². The molecular weight excluding hydrogens is 410 g/mol. The molecule has 4 aromatic rings. The van der Waals surface area contributed by atoms with Gasteiger partial charge in [0.05, 0.1) is 6.54 Å². The summed E-state index contributed by atoms with van der Waals surface area (Å²) in [6.45, 7) is 3.19. The molecule has 2 heterocycles. The summed E-state index contributed by atoms with van der Waals surface area (Å²) in [5, 5.41) is 4.09. The van der Waals surface area contributed by atoms with E-state index in [9.17, 15) is 9.59 Å². The van der Waals surface area contributed by atoms with Crippen molar-refractivity contribution in [2.24, 2.45) is 0 Å². The van der Waals surface area contributed by atoms with Gasteiger partial charge in [0.2, 0.25) is 5.91 Å². The first-order valence-electron chi connectivity index (χ1n) is 11.3. The fourth-order valence-electron chi connectivity index (χ4n) is 4.71. The molecule has 0 aliphatic carbocycles. The molecule has 3 aromatic carbocycles. The lowest BCUT2D eigenvalue weighted by atomic mass is 9.93. The fraction of sp³-hybridized carbons (Fsp3) is 0.214. The molecule has 2 amide bonds. The van der Waals surface area contributed by atoms with E-state index in [1.54, 1.807) is 4.90 Å². The van der Waals surface area contributed by atoms with Crippen molar-refractivity contribution in [1.29, 1.82) is 0 Å². The van der Waals surface area contributed by atoms with Crippen LogP contribution in [0.3, 0.4) is 0 Å². The number of fused-ring (bicyclic) bond motifs is 3. The Hall–Kier alpha value is -3.86. The third kappa shape index (κ3) is 3.91. The van der Waals surface area contributed by atoms with Crippen LogP contribution in [0, 0.1) is 0 Å². The molecule has 1 aromatic heterocycles. The van der Waals surface area contributed by atoms with E-state index in [1.165, 1.54) is 0 Å². The smallest absolute Gasteiger partial charge is 0.271 e. The second-order valence-electron chi connectivity index (χ2n) is 8.81. The Morgan fingerprint density at radius 1 is 0.909 bits per heavy atom. The maximum atomic E-state index is 13.7. The Balaban J connectivity index is 1.48. The van der Waals surface area contributed by atoms with Crippen molar-refractivity contribution < 1.29 is 9.59 Å². The molecule has 0 fully saturated rings. The predicted molar refractivity (Wildman–Crippen MR) is 130 cm³/mol. The van der Waals surface area contributed by atoms with Crippen LogP contribution in [0.25, 0.3) is 10.9 Å². The molecule has 0 saturated carbocycles. The van der Waals surface area contributed by atoms with E-state index in [0.29, 0.717) is 31.7 Å². The number of para-hydroxylation sites is 1. The Morgan fingerprint density at radius 3 is 2.27 bits per heavy atom. The average Bonchev–Trinajstić information content (AvgIpc) is 3.22. The van der Waals surface area contributed by atoms with Gasteiger partial charge in [0, 0.05) is 24.0 Å². The molecule has 1 N–H and O–H groups in total. The van der Waals surface area contributed by atoms with Crippen LogP contribution in [0.5, 0.6) is 0 Å². The average molecular weight is 438 g/mol. The molecule has 1 atom stereocenters. The lowest BCUT2D eigenvalue weighted by molar-refractivity contribution is -0.133. The number of carbonyl (C=O) groups excluding carboxylic acids is 2. The first kappa shape index (κ1) is 21.0. The van der Waals surface area contributed by atoms with Crippen molar-refractivity contribution in [2.75, 3.05) is 6.54 Å². The molecule has 0 radical (unpaired) electrons. The Labute approximate surface area is 193 Å². The van der Waals surface area contributed by atoms with Gasteiger partial charge in [-0.15, -0.1) is 0 Å². The summed E-state index contributed by atoms with van der Waals surface area (Å²) in [4.78, 5) is 29.1. The SMILES string of the molecule is C[C@]1(C(=O)NCc2ccccc2)Cn2c(cc3ccccc32)C(=O)N1CCc1ccccc1. The lowest BCUT2D eigenvalue weighted by Crippen LogP contribution is -2.64. The largest absolute Gasteiger partial charge is 0.350 e. The monoisotopic (exact) mass is 437 g/mol. The highest BCUT2D eigenvalue weighted by Crippen LogP contribution is 2.32. The van der Waals surface area contributed by atoms with E-state index < -0.39 is 5.54 Å². The minimum absolute atomic E-state index is 0.106. The van der Waals surface area contributed by atoms with Crippen molar-refractivity contribution in [1.82, 2.24) is 14.8 Å². The van der Waals surface area contributed by atoms with Gasteiger partial charge < -0.3 is 14.8 Å². The number of rotatable bonds is 6. The van der Waals surface area contributed by atoms with Crippen molar-refractivity contribution in [3.63, 3.8) is 0 Å². The molecule has 1 aliphatic heterocycles. The molecule has 5 rings (SSSR count).